The Morgan fingerprint density at radius 3 is 2.20 bits per heavy atom. The van der Waals surface area contributed by atoms with Crippen LogP contribution in [0.15, 0.2) is 64.5 Å². The van der Waals surface area contributed by atoms with Gasteiger partial charge in [-0.2, -0.15) is 13.2 Å². The highest BCUT2D eigenvalue weighted by Gasteiger charge is 2.38. The fraction of sp³-hybridized carbons (Fsp3) is 0.250. The topological polar surface area (TPSA) is 222 Å². The van der Waals surface area contributed by atoms with Gasteiger partial charge in [-0.05, 0) is 47.5 Å². The molecule has 3 rings (SSSR count). The monoisotopic (exact) mass is 600 g/mol. The van der Waals surface area contributed by atoms with Crippen molar-refractivity contribution in [2.45, 2.75) is 37.9 Å². The van der Waals surface area contributed by atoms with Crippen molar-refractivity contribution in [2.75, 3.05) is 4.72 Å². The molecule has 1 aromatic heterocycles. The number of carboxylic acid groups (broad SMARTS) is 1. The van der Waals surface area contributed by atoms with Crippen LogP contribution in [0.3, 0.4) is 0 Å². The number of alkyl halides is 3. The predicted molar refractivity (Wildman–Crippen MR) is 144 cm³/mol. The summed E-state index contributed by atoms with van der Waals surface area (Å²) in [5, 5.41) is 12.4. The summed E-state index contributed by atoms with van der Waals surface area (Å²) in [6.45, 7) is 3.02. The number of pyridine rings is 1. The van der Waals surface area contributed by atoms with Crippen LogP contribution >= 0.6 is 0 Å². The third kappa shape index (κ3) is 9.13. The molecule has 0 bridgehead atoms. The third-order valence-corrected chi connectivity index (χ3v) is 6.58. The van der Waals surface area contributed by atoms with Gasteiger partial charge >= 0.3 is 12.1 Å². The van der Waals surface area contributed by atoms with Gasteiger partial charge in [0.1, 0.15) is 5.69 Å². The number of aliphatic carboxylic acids is 1. The van der Waals surface area contributed by atoms with Crippen molar-refractivity contribution in [2.24, 2.45) is 22.4 Å². The van der Waals surface area contributed by atoms with E-state index in [4.69, 9.17) is 31.9 Å². The summed E-state index contributed by atoms with van der Waals surface area (Å²) in [7, 11) is -3.96. The molecule has 0 radical (unpaired) electrons. The lowest BCUT2D eigenvalue weighted by molar-refractivity contribution is -0.192. The SMILES string of the molecule is Cc1ccc(NS(=O)(=O)Cc2ccc3ccccc3c2)c(=O)n1C(C(N)=O)C(C)ON=C(N)N.O=C(O)C(F)(F)F. The first kappa shape index (κ1) is 32.4. The number of sulfonamides is 1. The average Bonchev–Trinajstić information content (AvgIpc) is 2.86. The predicted octanol–water partition coefficient (Wildman–Crippen LogP) is 1.51. The van der Waals surface area contributed by atoms with Crippen molar-refractivity contribution in [3.8, 4) is 0 Å². The number of oxime groups is 1. The maximum atomic E-state index is 13.2. The second-order valence-corrected chi connectivity index (χ2v) is 10.3. The standard InChI is InChI=1S/C22H26N6O5S.C2HF3O2/c1-13-7-10-18(21(30)28(13)19(20(23)29)14(2)33-26-22(24)25)27-34(31,32)12-15-8-9-16-5-3-4-6-17(16)11-15;3-2(4,5)1(6)7/h3-11,14,19,27H,12H2,1-2H3,(H2,23,29)(H4,24,25,26);(H,6,7). The van der Waals surface area contributed by atoms with Crippen molar-refractivity contribution in [1.29, 1.82) is 0 Å². The minimum absolute atomic E-state index is 0.244. The number of carboxylic acids is 1. The number of hydrogen-bond acceptors (Lipinski definition) is 7. The summed E-state index contributed by atoms with van der Waals surface area (Å²) in [6, 6.07) is 14.4. The first-order chi connectivity index (χ1) is 18.9. The van der Waals surface area contributed by atoms with Crippen LogP contribution in [0, 0.1) is 6.92 Å². The van der Waals surface area contributed by atoms with Crippen LogP contribution in [0.5, 0.6) is 0 Å². The zero-order chi connectivity index (χ0) is 31.1. The van der Waals surface area contributed by atoms with Gasteiger partial charge in [0.2, 0.25) is 21.9 Å². The number of benzene rings is 2. The molecular weight excluding hydrogens is 573 g/mol. The van der Waals surface area contributed by atoms with Crippen LogP contribution in [-0.2, 0) is 30.2 Å². The first-order valence-electron chi connectivity index (χ1n) is 11.5. The van der Waals surface area contributed by atoms with E-state index >= 15 is 0 Å². The molecule has 0 aliphatic rings. The first-order valence-corrected chi connectivity index (χ1v) is 13.1. The Hall–Kier alpha value is -4.80. The molecule has 1 amide bonds. The molecule has 17 heteroatoms. The van der Waals surface area contributed by atoms with Gasteiger partial charge in [-0.1, -0.05) is 42.5 Å². The van der Waals surface area contributed by atoms with Gasteiger partial charge < -0.3 is 27.1 Å². The molecule has 222 valence electrons. The molecule has 0 saturated heterocycles. The van der Waals surface area contributed by atoms with Crippen molar-refractivity contribution < 1.29 is 41.1 Å². The maximum absolute atomic E-state index is 13.2. The van der Waals surface area contributed by atoms with E-state index in [0.717, 1.165) is 15.3 Å². The highest BCUT2D eigenvalue weighted by Crippen LogP contribution is 2.20. The molecule has 1 heterocycles. The Morgan fingerprint density at radius 1 is 1.07 bits per heavy atom. The number of nitrogens with one attached hydrogen (secondary N) is 1. The molecule has 0 aliphatic carbocycles. The highest BCUT2D eigenvalue weighted by molar-refractivity contribution is 7.91. The van der Waals surface area contributed by atoms with Gasteiger partial charge in [0, 0.05) is 5.69 Å². The number of guanidine groups is 1. The van der Waals surface area contributed by atoms with Gasteiger partial charge in [-0.15, -0.1) is 0 Å². The maximum Gasteiger partial charge on any atom is 0.490 e. The molecule has 8 N–H and O–H groups in total. The molecule has 0 fully saturated rings. The lowest BCUT2D eigenvalue weighted by Crippen LogP contribution is -2.42. The van der Waals surface area contributed by atoms with E-state index in [1.165, 1.54) is 19.1 Å². The quantitative estimate of drug-likeness (QED) is 0.136. The van der Waals surface area contributed by atoms with Crippen molar-refractivity contribution >= 4 is 44.3 Å². The Balaban J connectivity index is 0.000000745. The molecule has 13 nitrogen and oxygen atoms in total. The molecular formula is C24H27F3N6O7S. The van der Waals surface area contributed by atoms with Crippen LogP contribution in [-0.4, -0.2) is 48.2 Å². The summed E-state index contributed by atoms with van der Waals surface area (Å²) in [6.07, 6.45) is -6.11. The lowest BCUT2D eigenvalue weighted by Gasteiger charge is -2.24. The van der Waals surface area contributed by atoms with Crippen LogP contribution < -0.4 is 27.5 Å². The number of primary amides is 1. The van der Waals surface area contributed by atoms with Gasteiger partial charge in [0.15, 0.2) is 12.1 Å². The molecule has 2 atom stereocenters. The minimum atomic E-state index is -5.08. The summed E-state index contributed by atoms with van der Waals surface area (Å²) in [4.78, 5) is 39.3. The molecule has 0 saturated carbocycles. The van der Waals surface area contributed by atoms with Gasteiger partial charge in [0.25, 0.3) is 5.56 Å². The number of amides is 1. The van der Waals surface area contributed by atoms with E-state index in [0.29, 0.717) is 11.3 Å². The van der Waals surface area contributed by atoms with E-state index < -0.39 is 45.8 Å². The van der Waals surface area contributed by atoms with E-state index in [9.17, 15) is 31.2 Å². The second kappa shape index (κ2) is 13.0. The largest absolute Gasteiger partial charge is 0.490 e. The number of nitrogens with two attached hydrogens (primary N) is 3. The van der Waals surface area contributed by atoms with Crippen molar-refractivity contribution in [3.63, 3.8) is 0 Å². The van der Waals surface area contributed by atoms with Crippen LogP contribution in [0.25, 0.3) is 10.8 Å². The Labute approximate surface area is 231 Å². The number of fused-ring (bicyclic) bond motifs is 1. The molecule has 0 spiro atoms. The molecule has 0 aliphatic heterocycles. The normalized spacial score (nSPS) is 12.8. The Morgan fingerprint density at radius 2 is 1.66 bits per heavy atom. The van der Waals surface area contributed by atoms with Crippen molar-refractivity contribution in [3.05, 3.63) is 76.2 Å². The number of carbonyl (C=O) groups is 2. The summed E-state index contributed by atoms with van der Waals surface area (Å²) < 4.78 is 60.8. The number of nitrogens with zero attached hydrogens (tertiary/aromatic N) is 2. The number of carbonyl (C=O) groups excluding carboxylic acids is 1. The zero-order valence-electron chi connectivity index (χ0n) is 21.6. The molecule has 3 aromatic rings. The van der Waals surface area contributed by atoms with Crippen molar-refractivity contribution in [1.82, 2.24) is 4.57 Å². The van der Waals surface area contributed by atoms with E-state index in [1.54, 1.807) is 19.1 Å². The number of halogens is 3. The van der Waals surface area contributed by atoms with Crippen LogP contribution in [0.2, 0.25) is 0 Å². The fourth-order valence-electron chi connectivity index (χ4n) is 3.59. The molecule has 2 aromatic carbocycles. The summed E-state index contributed by atoms with van der Waals surface area (Å²) in [5.74, 6) is -4.38. The lowest BCUT2D eigenvalue weighted by atomic mass is 10.1. The summed E-state index contributed by atoms with van der Waals surface area (Å²) in [5.41, 5.74) is 15.9. The van der Waals surface area contributed by atoms with Gasteiger partial charge in [-0.25, -0.2) is 13.2 Å². The van der Waals surface area contributed by atoms with Crippen LogP contribution in [0.4, 0.5) is 18.9 Å². The van der Waals surface area contributed by atoms with Gasteiger partial charge in [-0.3, -0.25) is 18.9 Å². The number of aryl methyl sites for hydroxylation is 1. The number of hydrogen-bond donors (Lipinski definition) is 5. The smallest absolute Gasteiger partial charge is 0.475 e. The fourth-order valence-corrected chi connectivity index (χ4v) is 4.77. The highest BCUT2D eigenvalue weighted by atomic mass is 32.2. The van der Waals surface area contributed by atoms with Gasteiger partial charge in [0.05, 0.1) is 5.75 Å². The summed E-state index contributed by atoms with van der Waals surface area (Å²) >= 11 is 0. The number of aromatic nitrogens is 1. The van der Waals surface area contributed by atoms with E-state index in [1.807, 2.05) is 30.3 Å². The minimum Gasteiger partial charge on any atom is -0.475 e. The number of rotatable bonds is 9. The van der Waals surface area contributed by atoms with E-state index in [-0.39, 0.29) is 17.4 Å². The Bertz CT molecular complexity index is 1620. The van der Waals surface area contributed by atoms with E-state index in [2.05, 4.69) is 9.88 Å². The zero-order valence-corrected chi connectivity index (χ0v) is 22.4. The Kier molecular flexibility index (Phi) is 10.3. The average molecular weight is 601 g/mol. The molecule has 2 unspecified atom stereocenters. The third-order valence-electron chi connectivity index (χ3n) is 5.34. The van der Waals surface area contributed by atoms with Crippen LogP contribution in [0.1, 0.15) is 24.2 Å². The molecule has 41 heavy (non-hydrogen) atoms. The number of anilines is 1. The second-order valence-electron chi connectivity index (χ2n) is 8.58.